The van der Waals surface area contributed by atoms with Gasteiger partial charge in [0, 0.05) is 0 Å². The second kappa shape index (κ2) is 6.44. The number of ether oxygens (including phenoxy) is 1. The molecule has 0 atom stereocenters. The molecule has 2 aromatic carbocycles. The van der Waals surface area contributed by atoms with Crippen molar-refractivity contribution in [1.29, 1.82) is 0 Å². The van der Waals surface area contributed by atoms with Crippen molar-refractivity contribution in [1.82, 2.24) is 0 Å². The Morgan fingerprint density at radius 1 is 1.13 bits per heavy atom. The molecule has 3 rings (SSSR count). The van der Waals surface area contributed by atoms with Crippen molar-refractivity contribution in [2.24, 2.45) is 0 Å². The smallest absolute Gasteiger partial charge is 0.270 e. The summed E-state index contributed by atoms with van der Waals surface area (Å²) in [5.74, 6) is 0.744. The summed E-state index contributed by atoms with van der Waals surface area (Å²) in [5.41, 5.74) is 1.54. The highest BCUT2D eigenvalue weighted by atomic mass is 32.2. The van der Waals surface area contributed by atoms with Crippen molar-refractivity contribution in [3.05, 3.63) is 59.0 Å². The van der Waals surface area contributed by atoms with Crippen LogP contribution in [0.3, 0.4) is 0 Å². The van der Waals surface area contributed by atoms with Crippen LogP contribution in [-0.4, -0.2) is 22.4 Å². The maximum atomic E-state index is 12.6. The zero-order chi connectivity index (χ0) is 16.4. The van der Waals surface area contributed by atoms with Gasteiger partial charge < -0.3 is 9.84 Å². The number of phenolic OH excluding ortho intramolecular Hbond substituents is 1. The van der Waals surface area contributed by atoms with Crippen LogP contribution in [0.25, 0.3) is 6.08 Å². The van der Waals surface area contributed by atoms with Crippen LogP contribution in [0.1, 0.15) is 5.56 Å². The summed E-state index contributed by atoms with van der Waals surface area (Å²) in [6.45, 7) is 0. The zero-order valence-corrected chi connectivity index (χ0v) is 13.9. The van der Waals surface area contributed by atoms with Gasteiger partial charge in [0.2, 0.25) is 0 Å². The van der Waals surface area contributed by atoms with E-state index in [0.29, 0.717) is 14.9 Å². The summed E-state index contributed by atoms with van der Waals surface area (Å²) in [6, 6.07) is 13.8. The molecule has 23 heavy (non-hydrogen) atoms. The lowest BCUT2D eigenvalue weighted by Gasteiger charge is -2.14. The van der Waals surface area contributed by atoms with Gasteiger partial charge in [0.15, 0.2) is 4.32 Å². The molecule has 0 unspecified atom stereocenters. The molecule has 0 radical (unpaired) electrons. The molecule has 1 heterocycles. The lowest BCUT2D eigenvalue weighted by molar-refractivity contribution is -0.113. The molecule has 0 aromatic heterocycles. The second-order valence-electron chi connectivity index (χ2n) is 4.81. The number of methoxy groups -OCH3 is 1. The van der Waals surface area contributed by atoms with Crippen LogP contribution in [-0.2, 0) is 4.79 Å². The summed E-state index contributed by atoms with van der Waals surface area (Å²) >= 11 is 6.57. The molecule has 0 spiro atoms. The van der Waals surface area contributed by atoms with Crippen LogP contribution >= 0.6 is 24.0 Å². The molecule has 0 saturated carbocycles. The van der Waals surface area contributed by atoms with Gasteiger partial charge in [0.05, 0.1) is 17.7 Å². The lowest BCUT2D eigenvalue weighted by Crippen LogP contribution is -2.27. The number of anilines is 1. The van der Waals surface area contributed by atoms with Gasteiger partial charge in [-0.3, -0.25) is 9.69 Å². The van der Waals surface area contributed by atoms with Crippen LogP contribution < -0.4 is 9.64 Å². The van der Waals surface area contributed by atoms with E-state index in [1.807, 2.05) is 24.3 Å². The van der Waals surface area contributed by atoms with E-state index in [4.69, 9.17) is 17.0 Å². The van der Waals surface area contributed by atoms with Gasteiger partial charge in [-0.25, -0.2) is 0 Å². The minimum Gasteiger partial charge on any atom is -0.508 e. The molecule has 1 amide bonds. The van der Waals surface area contributed by atoms with Crippen LogP contribution in [0.15, 0.2) is 53.4 Å². The zero-order valence-electron chi connectivity index (χ0n) is 12.2. The number of carbonyl (C=O) groups is 1. The number of nitrogens with zero attached hydrogens (tertiary/aromatic N) is 1. The third-order valence-corrected chi connectivity index (χ3v) is 4.62. The summed E-state index contributed by atoms with van der Waals surface area (Å²) in [7, 11) is 1.61. The van der Waals surface area contributed by atoms with Gasteiger partial charge in [-0.1, -0.05) is 36.1 Å². The van der Waals surface area contributed by atoms with Crippen molar-refractivity contribution in [2.75, 3.05) is 12.0 Å². The second-order valence-corrected chi connectivity index (χ2v) is 6.48. The highest BCUT2D eigenvalue weighted by molar-refractivity contribution is 8.27. The molecule has 6 heteroatoms. The number of thiocarbonyl (C=S) groups is 1. The fourth-order valence-electron chi connectivity index (χ4n) is 2.14. The molecule has 1 aliphatic rings. The van der Waals surface area contributed by atoms with Crippen molar-refractivity contribution in [3.8, 4) is 11.5 Å². The van der Waals surface area contributed by atoms with E-state index in [-0.39, 0.29) is 11.7 Å². The van der Waals surface area contributed by atoms with Crippen molar-refractivity contribution < 1.29 is 14.6 Å². The summed E-state index contributed by atoms with van der Waals surface area (Å²) in [6.07, 6.45) is 1.80. The first-order valence-corrected chi connectivity index (χ1v) is 8.02. The molecule has 1 saturated heterocycles. The minimum absolute atomic E-state index is 0.146. The number of phenols is 1. The Kier molecular flexibility index (Phi) is 4.36. The maximum Gasteiger partial charge on any atom is 0.270 e. The normalized spacial score (nSPS) is 16.2. The van der Waals surface area contributed by atoms with Gasteiger partial charge in [-0.2, -0.15) is 0 Å². The first kappa shape index (κ1) is 15.6. The van der Waals surface area contributed by atoms with Crippen LogP contribution in [0.5, 0.6) is 11.5 Å². The number of rotatable bonds is 3. The van der Waals surface area contributed by atoms with E-state index in [1.54, 1.807) is 25.3 Å². The van der Waals surface area contributed by atoms with E-state index in [9.17, 15) is 9.90 Å². The predicted octanol–water partition coefficient (Wildman–Crippen LogP) is 3.81. The molecule has 4 nitrogen and oxygen atoms in total. The Morgan fingerprint density at radius 2 is 1.78 bits per heavy atom. The fourth-order valence-corrected chi connectivity index (χ4v) is 3.44. The van der Waals surface area contributed by atoms with Gasteiger partial charge in [0.1, 0.15) is 11.5 Å². The number of aromatic hydroxyl groups is 1. The van der Waals surface area contributed by atoms with E-state index < -0.39 is 0 Å². The Bertz CT molecular complexity index is 782. The predicted molar refractivity (Wildman–Crippen MR) is 96.8 cm³/mol. The molecular formula is C17H13NO3S2. The Hall–Kier alpha value is -2.31. The maximum absolute atomic E-state index is 12.6. The van der Waals surface area contributed by atoms with E-state index >= 15 is 0 Å². The van der Waals surface area contributed by atoms with Crippen molar-refractivity contribution in [3.63, 3.8) is 0 Å². The molecule has 1 aliphatic heterocycles. The lowest BCUT2D eigenvalue weighted by atomic mass is 10.2. The number of carbonyl (C=O) groups excluding carboxylic acids is 1. The fraction of sp³-hybridized carbons (Fsp3) is 0.0588. The largest absolute Gasteiger partial charge is 0.508 e. The Morgan fingerprint density at radius 3 is 2.39 bits per heavy atom. The van der Waals surface area contributed by atoms with Crippen LogP contribution in [0, 0.1) is 0 Å². The first-order valence-electron chi connectivity index (χ1n) is 6.79. The number of benzene rings is 2. The summed E-state index contributed by atoms with van der Waals surface area (Å²) in [5, 5.41) is 9.36. The first-order chi connectivity index (χ1) is 11.1. The van der Waals surface area contributed by atoms with Gasteiger partial charge in [-0.05, 0) is 48.0 Å². The summed E-state index contributed by atoms with van der Waals surface area (Å²) in [4.78, 5) is 14.6. The van der Waals surface area contributed by atoms with Crippen LogP contribution in [0.4, 0.5) is 5.69 Å². The average Bonchev–Trinajstić information content (AvgIpc) is 2.83. The molecule has 0 aliphatic carbocycles. The number of amides is 1. The Balaban J connectivity index is 1.88. The number of hydrogen-bond donors (Lipinski definition) is 1. The van der Waals surface area contributed by atoms with Crippen molar-refractivity contribution >= 4 is 46.0 Å². The monoisotopic (exact) mass is 343 g/mol. The molecule has 1 N–H and O–H groups in total. The molecular weight excluding hydrogens is 330 g/mol. The molecule has 1 fully saturated rings. The molecule has 0 bridgehead atoms. The van der Waals surface area contributed by atoms with Gasteiger partial charge in [0.25, 0.3) is 5.91 Å². The highest BCUT2D eigenvalue weighted by Gasteiger charge is 2.33. The third kappa shape index (κ3) is 3.23. The average molecular weight is 343 g/mol. The SMILES string of the molecule is COc1ccc(/C=C2/SC(=S)N(c3ccc(O)cc3)C2=O)cc1. The molecule has 116 valence electrons. The minimum atomic E-state index is -0.165. The third-order valence-electron chi connectivity index (χ3n) is 3.32. The van der Waals surface area contributed by atoms with E-state index in [0.717, 1.165) is 11.3 Å². The van der Waals surface area contributed by atoms with E-state index in [1.165, 1.54) is 28.8 Å². The highest BCUT2D eigenvalue weighted by Crippen LogP contribution is 2.36. The number of thioether (sulfide) groups is 1. The summed E-state index contributed by atoms with van der Waals surface area (Å²) < 4.78 is 5.59. The van der Waals surface area contributed by atoms with E-state index in [2.05, 4.69) is 0 Å². The Labute approximate surface area is 143 Å². The van der Waals surface area contributed by atoms with Gasteiger partial charge in [-0.15, -0.1) is 0 Å². The van der Waals surface area contributed by atoms with Gasteiger partial charge >= 0.3 is 0 Å². The van der Waals surface area contributed by atoms with Crippen molar-refractivity contribution in [2.45, 2.75) is 0 Å². The standard InChI is InChI=1S/C17H13NO3S2/c1-21-14-8-2-11(3-9-14)10-15-16(20)18(17(22)23-15)12-4-6-13(19)7-5-12/h2-10,19H,1H3/b15-10+. The molecule has 2 aromatic rings. The quantitative estimate of drug-likeness (QED) is 0.678. The number of hydrogen-bond acceptors (Lipinski definition) is 5. The topological polar surface area (TPSA) is 49.8 Å². The van der Waals surface area contributed by atoms with Crippen LogP contribution in [0.2, 0.25) is 0 Å².